The highest BCUT2D eigenvalue weighted by Gasteiger charge is 2.24. The van der Waals surface area contributed by atoms with Crippen LogP contribution >= 0.6 is 0 Å². The summed E-state index contributed by atoms with van der Waals surface area (Å²) in [6.45, 7) is 17.3. The second-order valence-electron chi connectivity index (χ2n) is 8.40. The van der Waals surface area contributed by atoms with Crippen LogP contribution in [0.25, 0.3) is 11.1 Å². The number of unbranched alkanes of at least 4 members (excludes halogenated alkanes) is 1. The third-order valence-electron chi connectivity index (χ3n) is 5.06. The van der Waals surface area contributed by atoms with E-state index in [1.807, 2.05) is 0 Å². The van der Waals surface area contributed by atoms with Crippen molar-refractivity contribution >= 4 is 8.32 Å². The van der Waals surface area contributed by atoms with Gasteiger partial charge in [0.05, 0.1) is 0 Å². The average Bonchev–Trinajstić information content (AvgIpc) is 2.54. The number of benzene rings is 2. The van der Waals surface area contributed by atoms with Crippen molar-refractivity contribution < 1.29 is 9.53 Å². The van der Waals surface area contributed by atoms with Gasteiger partial charge in [0.15, 0.2) is 0 Å². The lowest BCUT2D eigenvalue weighted by Gasteiger charge is -2.26. The number of rotatable bonds is 6. The predicted octanol–water partition coefficient (Wildman–Crippen LogP) is 6.85. The van der Waals surface area contributed by atoms with E-state index in [1.165, 1.54) is 16.7 Å². The van der Waals surface area contributed by atoms with Crippen LogP contribution < -0.4 is 4.43 Å². The van der Waals surface area contributed by atoms with Gasteiger partial charge in [0.2, 0.25) is 8.32 Å². The summed E-state index contributed by atoms with van der Waals surface area (Å²) < 4.78 is 6.42. The quantitative estimate of drug-likeness (QED) is 0.563. The molecule has 0 bridgehead atoms. The molecule has 0 aromatic heterocycles. The van der Waals surface area contributed by atoms with Crippen molar-refractivity contribution in [1.82, 2.24) is 0 Å². The molecule has 3 heteroatoms. The summed E-state index contributed by atoms with van der Waals surface area (Å²) in [5.41, 5.74) is 7.82. The van der Waals surface area contributed by atoms with Crippen LogP contribution in [0.15, 0.2) is 18.2 Å². The first-order valence-corrected chi connectivity index (χ1v) is 13.1. The van der Waals surface area contributed by atoms with E-state index in [4.69, 9.17) is 4.43 Å². The van der Waals surface area contributed by atoms with Crippen LogP contribution in [0.5, 0.6) is 11.5 Å². The van der Waals surface area contributed by atoms with Crippen LogP contribution in [0.1, 0.15) is 47.6 Å². The van der Waals surface area contributed by atoms with Gasteiger partial charge in [0.1, 0.15) is 11.5 Å². The molecular formula is C23H34O2Si. The van der Waals surface area contributed by atoms with Crippen LogP contribution in [-0.4, -0.2) is 13.4 Å². The third-order valence-corrected chi connectivity index (χ3v) is 5.89. The Morgan fingerprint density at radius 2 is 1.54 bits per heavy atom. The second kappa shape index (κ2) is 7.87. The molecule has 0 amide bonds. The summed E-state index contributed by atoms with van der Waals surface area (Å²) in [5, 5.41) is 11.2. The van der Waals surface area contributed by atoms with Crippen molar-refractivity contribution in [2.45, 2.75) is 73.5 Å². The Hall–Kier alpha value is -1.74. The van der Waals surface area contributed by atoms with Crippen LogP contribution in [0.4, 0.5) is 0 Å². The zero-order chi connectivity index (χ0) is 19.6. The van der Waals surface area contributed by atoms with Crippen LogP contribution in [0.3, 0.4) is 0 Å². The van der Waals surface area contributed by atoms with Crippen molar-refractivity contribution in [2.24, 2.45) is 0 Å². The smallest absolute Gasteiger partial charge is 0.242 e. The molecular weight excluding hydrogens is 336 g/mol. The molecule has 2 nitrogen and oxygen atoms in total. The fourth-order valence-electron chi connectivity index (χ4n) is 3.35. The Morgan fingerprint density at radius 1 is 0.923 bits per heavy atom. The highest BCUT2D eigenvalue weighted by molar-refractivity contribution is 6.70. The Kier molecular flexibility index (Phi) is 6.23. The highest BCUT2D eigenvalue weighted by atomic mass is 28.4. The number of aryl methyl sites for hydroxylation is 3. The van der Waals surface area contributed by atoms with Gasteiger partial charge < -0.3 is 9.53 Å². The Balaban J connectivity index is 2.78. The molecule has 2 aromatic carbocycles. The number of phenolic OH excluding ortho intramolecular Hbond substituents is 1. The van der Waals surface area contributed by atoms with Crippen molar-refractivity contribution in [2.75, 3.05) is 0 Å². The van der Waals surface area contributed by atoms with Crippen molar-refractivity contribution in [3.63, 3.8) is 0 Å². The molecule has 2 rings (SSSR count). The lowest BCUT2D eigenvalue weighted by molar-refractivity contribution is 0.467. The minimum Gasteiger partial charge on any atom is -0.544 e. The molecule has 0 spiro atoms. The lowest BCUT2D eigenvalue weighted by atomic mass is 9.87. The maximum Gasteiger partial charge on any atom is 0.242 e. The lowest BCUT2D eigenvalue weighted by Crippen LogP contribution is -2.29. The largest absolute Gasteiger partial charge is 0.544 e. The minimum absolute atomic E-state index is 0.427. The SMILES string of the molecule is CCCCc1cc(C)c(C)c(-c2c(O[Si](C)(C)C)ccc(C)c2C)c1O. The minimum atomic E-state index is -1.77. The van der Waals surface area contributed by atoms with Crippen LogP contribution in [-0.2, 0) is 6.42 Å². The van der Waals surface area contributed by atoms with E-state index in [0.717, 1.165) is 47.3 Å². The van der Waals surface area contributed by atoms with E-state index in [-0.39, 0.29) is 0 Å². The maximum atomic E-state index is 11.2. The summed E-state index contributed by atoms with van der Waals surface area (Å²) in [5.74, 6) is 1.33. The standard InChI is InChI=1S/C23H34O2Si/c1-9-10-11-19-14-16(3)18(5)22(23(19)24)21-17(4)15(2)12-13-20(21)25-26(6,7)8/h12-14,24H,9-11H2,1-8H3. The second-order valence-corrected chi connectivity index (χ2v) is 12.8. The summed E-state index contributed by atoms with van der Waals surface area (Å²) >= 11 is 0. The molecule has 26 heavy (non-hydrogen) atoms. The van der Waals surface area contributed by atoms with Gasteiger partial charge in [-0.2, -0.15) is 0 Å². The molecule has 142 valence electrons. The molecule has 0 radical (unpaired) electrons. The third kappa shape index (κ3) is 4.32. The molecule has 0 aliphatic heterocycles. The van der Waals surface area contributed by atoms with E-state index in [2.05, 4.69) is 72.5 Å². The first-order chi connectivity index (χ1) is 12.1. The number of aromatic hydroxyl groups is 1. The van der Waals surface area contributed by atoms with Crippen molar-refractivity contribution in [3.05, 3.63) is 46.0 Å². The summed E-state index contributed by atoms with van der Waals surface area (Å²) in [4.78, 5) is 0. The summed E-state index contributed by atoms with van der Waals surface area (Å²) in [6, 6.07) is 6.34. The van der Waals surface area contributed by atoms with E-state index in [0.29, 0.717) is 5.75 Å². The fraction of sp³-hybridized carbons (Fsp3) is 0.478. The van der Waals surface area contributed by atoms with Gasteiger partial charge in [-0.15, -0.1) is 0 Å². The van der Waals surface area contributed by atoms with Gasteiger partial charge in [0.25, 0.3) is 0 Å². The fourth-order valence-corrected chi connectivity index (χ4v) is 4.18. The Bertz CT molecular complexity index is 801. The molecule has 0 aliphatic rings. The molecule has 0 saturated carbocycles. The van der Waals surface area contributed by atoms with Crippen LogP contribution in [0.2, 0.25) is 19.6 Å². The predicted molar refractivity (Wildman–Crippen MR) is 115 cm³/mol. The molecule has 2 aromatic rings. The van der Waals surface area contributed by atoms with Crippen molar-refractivity contribution in [3.8, 4) is 22.6 Å². The van der Waals surface area contributed by atoms with E-state index in [1.54, 1.807) is 0 Å². The van der Waals surface area contributed by atoms with Gasteiger partial charge in [-0.25, -0.2) is 0 Å². The molecule has 1 N–H and O–H groups in total. The van der Waals surface area contributed by atoms with E-state index < -0.39 is 8.32 Å². The van der Waals surface area contributed by atoms with Crippen molar-refractivity contribution in [1.29, 1.82) is 0 Å². The topological polar surface area (TPSA) is 29.5 Å². The number of phenols is 1. The summed E-state index contributed by atoms with van der Waals surface area (Å²) in [6.07, 6.45) is 3.11. The number of hydrogen-bond donors (Lipinski definition) is 1. The first-order valence-electron chi connectivity index (χ1n) is 9.68. The van der Waals surface area contributed by atoms with E-state index >= 15 is 0 Å². The maximum absolute atomic E-state index is 11.2. The molecule has 0 atom stereocenters. The molecule has 0 fully saturated rings. The molecule has 0 heterocycles. The highest BCUT2D eigenvalue weighted by Crippen LogP contribution is 2.45. The monoisotopic (exact) mass is 370 g/mol. The normalized spacial score (nSPS) is 11.7. The molecule has 0 unspecified atom stereocenters. The number of hydrogen-bond acceptors (Lipinski definition) is 2. The van der Waals surface area contributed by atoms with Gasteiger partial charge >= 0.3 is 0 Å². The van der Waals surface area contributed by atoms with Gasteiger partial charge in [-0.1, -0.05) is 25.5 Å². The average molecular weight is 371 g/mol. The van der Waals surface area contributed by atoms with Gasteiger partial charge in [-0.3, -0.25) is 0 Å². The van der Waals surface area contributed by atoms with E-state index in [9.17, 15) is 5.11 Å². The zero-order valence-electron chi connectivity index (χ0n) is 17.7. The first kappa shape index (κ1) is 20.6. The molecule has 0 saturated heterocycles. The van der Waals surface area contributed by atoms with Gasteiger partial charge in [0, 0.05) is 11.1 Å². The zero-order valence-corrected chi connectivity index (χ0v) is 18.7. The van der Waals surface area contributed by atoms with Gasteiger partial charge in [-0.05, 0) is 94.1 Å². The Labute approximate surface area is 160 Å². The van der Waals surface area contributed by atoms with Crippen LogP contribution in [0, 0.1) is 27.7 Å². The molecule has 0 aliphatic carbocycles. The summed E-state index contributed by atoms with van der Waals surface area (Å²) in [7, 11) is -1.77. The Morgan fingerprint density at radius 3 is 2.12 bits per heavy atom.